The van der Waals surface area contributed by atoms with Gasteiger partial charge >= 0.3 is 0 Å². The van der Waals surface area contributed by atoms with Crippen molar-refractivity contribution in [3.05, 3.63) is 64.2 Å². The smallest absolute Gasteiger partial charge is 0.257 e. The van der Waals surface area contributed by atoms with Crippen LogP contribution in [0.3, 0.4) is 0 Å². The van der Waals surface area contributed by atoms with E-state index in [1.807, 2.05) is 44.2 Å². The predicted octanol–water partition coefficient (Wildman–Crippen LogP) is 4.26. The van der Waals surface area contributed by atoms with Crippen LogP contribution in [0.15, 0.2) is 42.5 Å². The molecule has 0 spiro atoms. The summed E-state index contributed by atoms with van der Waals surface area (Å²) in [5.41, 5.74) is 3.09. The van der Waals surface area contributed by atoms with Crippen molar-refractivity contribution in [1.82, 2.24) is 5.32 Å². The lowest BCUT2D eigenvalue weighted by Gasteiger charge is -2.14. The fourth-order valence-electron chi connectivity index (χ4n) is 2.36. The molecule has 1 atom stereocenters. The van der Waals surface area contributed by atoms with Crippen molar-refractivity contribution in [2.24, 2.45) is 0 Å². The van der Waals surface area contributed by atoms with E-state index in [-0.39, 0.29) is 18.4 Å². The van der Waals surface area contributed by atoms with Gasteiger partial charge < -0.3 is 10.1 Å². The number of rotatable bonds is 6. The zero-order valence-electron chi connectivity index (χ0n) is 13.7. The highest BCUT2D eigenvalue weighted by Crippen LogP contribution is 2.25. The highest BCUT2D eigenvalue weighted by Gasteiger charge is 2.09. The van der Waals surface area contributed by atoms with Crippen molar-refractivity contribution in [1.29, 1.82) is 0 Å². The van der Waals surface area contributed by atoms with Gasteiger partial charge in [-0.2, -0.15) is 0 Å². The van der Waals surface area contributed by atoms with Crippen LogP contribution in [0.25, 0.3) is 0 Å². The second kappa shape index (κ2) is 8.02. The molecule has 2 aromatic rings. The van der Waals surface area contributed by atoms with Crippen molar-refractivity contribution < 1.29 is 9.53 Å². The normalized spacial score (nSPS) is 11.8. The fraction of sp³-hybridized carbons (Fsp3) is 0.316. The number of aryl methyl sites for hydroxylation is 2. The number of hydrogen-bond donors (Lipinski definition) is 1. The van der Waals surface area contributed by atoms with Crippen molar-refractivity contribution in [3.63, 3.8) is 0 Å². The molecule has 1 amide bonds. The van der Waals surface area contributed by atoms with Gasteiger partial charge in [0.2, 0.25) is 0 Å². The van der Waals surface area contributed by atoms with E-state index in [4.69, 9.17) is 16.3 Å². The molecular weight excluding hydrogens is 310 g/mol. The third kappa shape index (κ3) is 5.00. The van der Waals surface area contributed by atoms with Gasteiger partial charge in [0.1, 0.15) is 5.75 Å². The molecule has 0 radical (unpaired) electrons. The Kier molecular flexibility index (Phi) is 6.05. The number of benzene rings is 2. The topological polar surface area (TPSA) is 38.3 Å². The molecule has 0 bridgehead atoms. The number of hydrogen-bond acceptors (Lipinski definition) is 2. The molecular formula is C19H22ClNO2. The maximum atomic E-state index is 11.9. The number of nitrogens with one attached hydrogen (secondary N) is 1. The Labute approximate surface area is 142 Å². The fourth-order valence-corrected chi connectivity index (χ4v) is 2.46. The molecule has 0 heterocycles. The Balaban J connectivity index is 1.81. The lowest BCUT2D eigenvalue weighted by atomic mass is 10.0. The molecule has 4 heteroatoms. The average molecular weight is 332 g/mol. The second-order valence-electron chi connectivity index (χ2n) is 5.78. The molecule has 0 aromatic heterocycles. The van der Waals surface area contributed by atoms with Gasteiger partial charge in [0, 0.05) is 11.6 Å². The van der Waals surface area contributed by atoms with Gasteiger partial charge in [-0.15, -0.1) is 0 Å². The molecule has 2 rings (SSSR count). The molecule has 0 saturated heterocycles. The minimum absolute atomic E-state index is 0.00201. The summed E-state index contributed by atoms with van der Waals surface area (Å²) in [4.78, 5) is 11.9. The number of carbonyl (C=O) groups is 1. The SMILES string of the molecule is Cc1cc(OCC(=O)NC[C@@H](C)c2ccccc2)cc(C)c1Cl. The summed E-state index contributed by atoms with van der Waals surface area (Å²) in [5.74, 6) is 0.800. The van der Waals surface area contributed by atoms with Crippen LogP contribution in [0.2, 0.25) is 5.02 Å². The summed E-state index contributed by atoms with van der Waals surface area (Å²) in [6, 6.07) is 13.8. The lowest BCUT2D eigenvalue weighted by Crippen LogP contribution is -2.31. The highest BCUT2D eigenvalue weighted by atomic mass is 35.5. The summed E-state index contributed by atoms with van der Waals surface area (Å²) in [6.07, 6.45) is 0. The van der Waals surface area contributed by atoms with Crippen molar-refractivity contribution in [3.8, 4) is 5.75 Å². The van der Waals surface area contributed by atoms with Crippen LogP contribution in [0.4, 0.5) is 0 Å². The number of halogens is 1. The van der Waals surface area contributed by atoms with E-state index in [0.717, 1.165) is 16.1 Å². The van der Waals surface area contributed by atoms with Crippen LogP contribution >= 0.6 is 11.6 Å². The molecule has 3 nitrogen and oxygen atoms in total. The van der Waals surface area contributed by atoms with E-state index < -0.39 is 0 Å². The van der Waals surface area contributed by atoms with Gasteiger partial charge in [-0.1, -0.05) is 48.9 Å². The monoisotopic (exact) mass is 331 g/mol. The third-order valence-corrected chi connectivity index (χ3v) is 4.35. The van der Waals surface area contributed by atoms with Crippen molar-refractivity contribution >= 4 is 17.5 Å². The zero-order valence-corrected chi connectivity index (χ0v) is 14.5. The lowest BCUT2D eigenvalue weighted by molar-refractivity contribution is -0.123. The first kappa shape index (κ1) is 17.4. The zero-order chi connectivity index (χ0) is 16.8. The van der Waals surface area contributed by atoms with Crippen LogP contribution in [-0.2, 0) is 4.79 Å². The minimum Gasteiger partial charge on any atom is -0.484 e. The van der Waals surface area contributed by atoms with Gasteiger partial charge in [0.25, 0.3) is 5.91 Å². The largest absolute Gasteiger partial charge is 0.484 e. The molecule has 23 heavy (non-hydrogen) atoms. The molecule has 0 saturated carbocycles. The molecule has 0 aliphatic rings. The molecule has 0 fully saturated rings. The Bertz CT molecular complexity index is 647. The molecule has 2 aromatic carbocycles. The number of ether oxygens (including phenoxy) is 1. The number of amides is 1. The van der Waals surface area contributed by atoms with E-state index in [9.17, 15) is 4.79 Å². The standard InChI is InChI=1S/C19H22ClNO2/c1-13-9-17(10-14(2)19(13)20)23-12-18(22)21-11-15(3)16-7-5-4-6-8-16/h4-10,15H,11-12H2,1-3H3,(H,21,22)/t15-/m1/s1. The summed E-state index contributed by atoms with van der Waals surface area (Å²) in [5, 5.41) is 3.64. The van der Waals surface area contributed by atoms with Crippen molar-refractivity contribution in [2.75, 3.05) is 13.2 Å². The third-order valence-electron chi connectivity index (χ3n) is 3.75. The minimum atomic E-state index is -0.127. The van der Waals surface area contributed by atoms with Gasteiger partial charge in [-0.25, -0.2) is 0 Å². The first-order chi connectivity index (χ1) is 11.0. The Morgan fingerprint density at radius 2 is 1.78 bits per heavy atom. The maximum Gasteiger partial charge on any atom is 0.257 e. The predicted molar refractivity (Wildman–Crippen MR) is 94.3 cm³/mol. The van der Waals surface area contributed by atoms with Crippen LogP contribution in [0.5, 0.6) is 5.75 Å². The van der Waals surface area contributed by atoms with E-state index in [0.29, 0.717) is 12.3 Å². The Hall–Kier alpha value is -2.00. The van der Waals surface area contributed by atoms with E-state index in [1.54, 1.807) is 0 Å². The maximum absolute atomic E-state index is 11.9. The quantitative estimate of drug-likeness (QED) is 0.859. The van der Waals surface area contributed by atoms with Crippen molar-refractivity contribution in [2.45, 2.75) is 26.7 Å². The van der Waals surface area contributed by atoms with Gasteiger partial charge in [-0.3, -0.25) is 4.79 Å². The Morgan fingerprint density at radius 1 is 1.17 bits per heavy atom. The van der Waals surface area contributed by atoms with Crippen LogP contribution in [0, 0.1) is 13.8 Å². The summed E-state index contributed by atoms with van der Waals surface area (Å²) in [6.45, 7) is 6.52. The van der Waals surface area contributed by atoms with E-state index >= 15 is 0 Å². The molecule has 1 N–H and O–H groups in total. The molecule has 0 unspecified atom stereocenters. The van der Waals surface area contributed by atoms with Gasteiger partial charge in [0.15, 0.2) is 6.61 Å². The average Bonchev–Trinajstić information content (AvgIpc) is 2.56. The summed E-state index contributed by atoms with van der Waals surface area (Å²) >= 11 is 6.12. The van der Waals surface area contributed by atoms with E-state index in [2.05, 4.69) is 24.4 Å². The van der Waals surface area contributed by atoms with Crippen LogP contribution in [-0.4, -0.2) is 19.1 Å². The molecule has 0 aliphatic heterocycles. The molecule has 0 aliphatic carbocycles. The van der Waals surface area contributed by atoms with Gasteiger partial charge in [-0.05, 0) is 48.6 Å². The first-order valence-electron chi connectivity index (χ1n) is 7.68. The summed E-state index contributed by atoms with van der Waals surface area (Å²) < 4.78 is 5.55. The second-order valence-corrected chi connectivity index (χ2v) is 6.15. The van der Waals surface area contributed by atoms with Crippen LogP contribution < -0.4 is 10.1 Å². The number of carbonyl (C=O) groups excluding carboxylic acids is 1. The van der Waals surface area contributed by atoms with Gasteiger partial charge in [0.05, 0.1) is 0 Å². The first-order valence-corrected chi connectivity index (χ1v) is 8.06. The molecule has 122 valence electrons. The Morgan fingerprint density at radius 3 is 2.39 bits per heavy atom. The van der Waals surface area contributed by atoms with Crippen LogP contribution in [0.1, 0.15) is 29.5 Å². The highest BCUT2D eigenvalue weighted by molar-refractivity contribution is 6.32. The van der Waals surface area contributed by atoms with E-state index in [1.165, 1.54) is 5.56 Å². The summed E-state index contributed by atoms with van der Waals surface area (Å²) in [7, 11) is 0.